The predicted molar refractivity (Wildman–Crippen MR) is 139 cm³/mol. The first-order valence-electron chi connectivity index (χ1n) is 11.9. The minimum Gasteiger partial charge on any atom is -0.303 e. The molecule has 2 nitrogen and oxygen atoms in total. The average molecular weight is 499 g/mol. The van der Waals surface area contributed by atoms with Crippen LogP contribution < -0.4 is 0 Å². The third-order valence-corrected chi connectivity index (χ3v) is 9.03. The van der Waals surface area contributed by atoms with Gasteiger partial charge in [0, 0.05) is 18.0 Å². The minimum atomic E-state index is 0.0407. The number of halogens is 2. The van der Waals surface area contributed by atoms with Crippen LogP contribution in [-0.2, 0) is 0 Å². The predicted octanol–water partition coefficient (Wildman–Crippen LogP) is 7.93. The van der Waals surface area contributed by atoms with Gasteiger partial charge >= 0.3 is 0 Å². The Balaban J connectivity index is 1.27. The second kappa shape index (κ2) is 10.3. The smallest absolute Gasteiger partial charge is 0.166 e. The van der Waals surface area contributed by atoms with Gasteiger partial charge in [0.25, 0.3) is 0 Å². The molecule has 2 aliphatic rings. The van der Waals surface area contributed by atoms with Crippen molar-refractivity contribution in [2.24, 2.45) is 11.8 Å². The first-order valence-corrected chi connectivity index (χ1v) is 13.6. The zero-order chi connectivity index (χ0) is 22.8. The molecule has 3 aromatic rings. The first kappa shape index (κ1) is 23.1. The van der Waals surface area contributed by atoms with Gasteiger partial charge in [-0.15, -0.1) is 0 Å². The van der Waals surface area contributed by atoms with Crippen LogP contribution in [0.25, 0.3) is 0 Å². The van der Waals surface area contributed by atoms with Crippen LogP contribution in [0, 0.1) is 11.8 Å². The SMILES string of the molecule is O=C(c1ccc(Cl)c(Cl)c1)C1C[C@H](CN2CCC(c3ccccc3)CC2)[C@@H](c2ccsc2)C1. The van der Waals surface area contributed by atoms with Crippen molar-refractivity contribution in [1.29, 1.82) is 0 Å². The van der Waals surface area contributed by atoms with Gasteiger partial charge in [-0.2, -0.15) is 11.3 Å². The maximum Gasteiger partial charge on any atom is 0.166 e. The van der Waals surface area contributed by atoms with Crippen LogP contribution in [0.4, 0.5) is 0 Å². The monoisotopic (exact) mass is 497 g/mol. The van der Waals surface area contributed by atoms with E-state index in [1.165, 1.54) is 24.0 Å². The highest BCUT2D eigenvalue weighted by Crippen LogP contribution is 2.46. The van der Waals surface area contributed by atoms with E-state index in [1.807, 2.05) is 6.07 Å². The number of Topliss-reactive ketones (excluding diaryl/α,β-unsaturated/α-hetero) is 1. The second-order valence-corrected chi connectivity index (χ2v) is 11.2. The van der Waals surface area contributed by atoms with Gasteiger partial charge in [-0.25, -0.2) is 0 Å². The number of carbonyl (C=O) groups excluding carboxylic acids is 1. The third-order valence-electron chi connectivity index (χ3n) is 7.59. The quantitative estimate of drug-likeness (QED) is 0.322. The highest BCUT2D eigenvalue weighted by molar-refractivity contribution is 7.08. The molecule has 1 aliphatic heterocycles. The highest BCUT2D eigenvalue weighted by atomic mass is 35.5. The van der Waals surface area contributed by atoms with E-state index < -0.39 is 0 Å². The molecule has 1 saturated heterocycles. The number of hydrogen-bond donors (Lipinski definition) is 0. The number of likely N-dealkylation sites (tertiary alicyclic amines) is 1. The van der Waals surface area contributed by atoms with E-state index in [9.17, 15) is 4.79 Å². The van der Waals surface area contributed by atoms with Crippen LogP contribution in [-0.4, -0.2) is 30.3 Å². The van der Waals surface area contributed by atoms with Crippen molar-refractivity contribution in [1.82, 2.24) is 4.90 Å². The number of piperidine rings is 1. The molecule has 1 saturated carbocycles. The number of nitrogens with zero attached hydrogens (tertiary/aromatic N) is 1. The van der Waals surface area contributed by atoms with Crippen molar-refractivity contribution in [3.05, 3.63) is 92.1 Å². The van der Waals surface area contributed by atoms with E-state index in [4.69, 9.17) is 23.2 Å². The van der Waals surface area contributed by atoms with Crippen LogP contribution >= 0.6 is 34.5 Å². The first-order chi connectivity index (χ1) is 16.1. The molecule has 1 unspecified atom stereocenters. The summed E-state index contributed by atoms with van der Waals surface area (Å²) < 4.78 is 0. The van der Waals surface area contributed by atoms with Crippen LogP contribution in [0.15, 0.2) is 65.4 Å². The fraction of sp³-hybridized carbons (Fsp3) is 0.393. The standard InChI is InChI=1S/C28H29Cl2NOS/c29-26-7-6-21(16-27(26)30)28(32)23-14-24(25(15-23)22-10-13-33-18-22)17-31-11-8-20(9-12-31)19-4-2-1-3-5-19/h1-7,10,13,16,18,20,23-25H,8-9,11-12,14-15,17H2/t23?,24-,25-/m1/s1. The number of carbonyl (C=O) groups is 1. The van der Waals surface area contributed by atoms with Crippen molar-refractivity contribution in [3.63, 3.8) is 0 Å². The number of thiophene rings is 1. The van der Waals surface area contributed by atoms with Gasteiger partial charge in [-0.3, -0.25) is 4.79 Å². The van der Waals surface area contributed by atoms with Crippen LogP contribution in [0.1, 0.15) is 59.0 Å². The fourth-order valence-electron chi connectivity index (χ4n) is 5.83. The summed E-state index contributed by atoms with van der Waals surface area (Å²) in [5.41, 5.74) is 3.55. The van der Waals surface area contributed by atoms with E-state index in [0.717, 1.165) is 32.5 Å². The topological polar surface area (TPSA) is 20.3 Å². The summed E-state index contributed by atoms with van der Waals surface area (Å²) in [7, 11) is 0. The Bertz CT molecular complexity index is 1080. The van der Waals surface area contributed by atoms with E-state index in [2.05, 4.69) is 52.1 Å². The number of benzene rings is 2. The summed E-state index contributed by atoms with van der Waals surface area (Å²) in [6.07, 6.45) is 4.29. The van der Waals surface area contributed by atoms with Gasteiger partial charge < -0.3 is 4.90 Å². The molecule has 0 radical (unpaired) electrons. The van der Waals surface area contributed by atoms with Gasteiger partial charge in [0.2, 0.25) is 0 Å². The molecule has 5 heteroatoms. The van der Waals surface area contributed by atoms with Gasteiger partial charge in [0.1, 0.15) is 0 Å². The Morgan fingerprint density at radius 3 is 2.42 bits per heavy atom. The molecule has 2 aromatic carbocycles. The molecule has 172 valence electrons. The normalized spacial score (nSPS) is 24.2. The van der Waals surface area contributed by atoms with Gasteiger partial charge in [-0.05, 0) is 103 Å². The van der Waals surface area contributed by atoms with Crippen molar-refractivity contribution in [3.8, 4) is 0 Å². The van der Waals surface area contributed by atoms with E-state index in [1.54, 1.807) is 23.5 Å². The zero-order valence-corrected chi connectivity index (χ0v) is 21.0. The summed E-state index contributed by atoms with van der Waals surface area (Å²) in [5, 5.41) is 5.37. The Morgan fingerprint density at radius 2 is 1.73 bits per heavy atom. The zero-order valence-electron chi connectivity index (χ0n) is 18.6. The van der Waals surface area contributed by atoms with E-state index in [0.29, 0.717) is 33.4 Å². The molecule has 1 aromatic heterocycles. The summed E-state index contributed by atoms with van der Waals surface area (Å²) in [6.45, 7) is 3.35. The van der Waals surface area contributed by atoms with Crippen LogP contribution in [0.3, 0.4) is 0 Å². The van der Waals surface area contributed by atoms with Crippen LogP contribution in [0.2, 0.25) is 10.0 Å². The fourth-order valence-corrected chi connectivity index (χ4v) is 6.85. The molecule has 0 amide bonds. The average Bonchev–Trinajstić information content (AvgIpc) is 3.52. The molecule has 3 atom stereocenters. The van der Waals surface area contributed by atoms with E-state index in [-0.39, 0.29) is 11.7 Å². The minimum absolute atomic E-state index is 0.0407. The van der Waals surface area contributed by atoms with Gasteiger partial charge in [-0.1, -0.05) is 53.5 Å². The molecule has 0 N–H and O–H groups in total. The Hall–Kier alpha value is -1.65. The molecule has 0 spiro atoms. The third kappa shape index (κ3) is 5.22. The molecule has 2 fully saturated rings. The molecular formula is C28H29Cl2NOS. The van der Waals surface area contributed by atoms with Crippen molar-refractivity contribution >= 4 is 40.3 Å². The van der Waals surface area contributed by atoms with E-state index >= 15 is 0 Å². The molecule has 0 bridgehead atoms. The summed E-state index contributed by atoms with van der Waals surface area (Å²) >= 11 is 14.0. The number of rotatable bonds is 6. The Labute approximate surface area is 210 Å². The van der Waals surface area contributed by atoms with Crippen molar-refractivity contribution in [2.75, 3.05) is 19.6 Å². The lowest BCUT2D eigenvalue weighted by Crippen LogP contribution is -2.37. The lowest BCUT2D eigenvalue weighted by atomic mass is 9.87. The number of hydrogen-bond acceptors (Lipinski definition) is 3. The molecular weight excluding hydrogens is 469 g/mol. The summed E-state index contributed by atoms with van der Waals surface area (Å²) in [4.78, 5) is 16.0. The second-order valence-electron chi connectivity index (χ2n) is 9.57. The molecule has 2 heterocycles. The largest absolute Gasteiger partial charge is 0.303 e. The highest BCUT2D eigenvalue weighted by Gasteiger charge is 2.40. The molecule has 5 rings (SSSR count). The van der Waals surface area contributed by atoms with Crippen LogP contribution in [0.5, 0.6) is 0 Å². The lowest BCUT2D eigenvalue weighted by Gasteiger charge is -2.35. The Morgan fingerprint density at radius 1 is 0.939 bits per heavy atom. The lowest BCUT2D eigenvalue weighted by molar-refractivity contribution is 0.0916. The molecule has 1 aliphatic carbocycles. The van der Waals surface area contributed by atoms with Crippen molar-refractivity contribution in [2.45, 2.75) is 37.5 Å². The van der Waals surface area contributed by atoms with Gasteiger partial charge in [0.15, 0.2) is 5.78 Å². The molecule has 33 heavy (non-hydrogen) atoms. The van der Waals surface area contributed by atoms with Crippen molar-refractivity contribution < 1.29 is 4.79 Å². The van der Waals surface area contributed by atoms with Gasteiger partial charge in [0.05, 0.1) is 10.0 Å². The maximum atomic E-state index is 13.4. The Kier molecular flexibility index (Phi) is 7.22. The summed E-state index contributed by atoms with van der Waals surface area (Å²) in [6, 6.07) is 18.5. The maximum absolute atomic E-state index is 13.4. The number of ketones is 1. The summed E-state index contributed by atoms with van der Waals surface area (Å²) in [5.74, 6) is 1.87.